The molecule has 0 unspecified atom stereocenters. The Bertz CT molecular complexity index is 820. The van der Waals surface area contributed by atoms with Gasteiger partial charge >= 0.3 is 0 Å². The highest BCUT2D eigenvalue weighted by atomic mass is 16.5. The van der Waals surface area contributed by atoms with Gasteiger partial charge in [0.15, 0.2) is 5.75 Å². The van der Waals surface area contributed by atoms with E-state index in [1.54, 1.807) is 11.9 Å². The molecule has 3 rings (SSSR count). The Morgan fingerprint density at radius 1 is 1.15 bits per heavy atom. The first-order valence-corrected chi connectivity index (χ1v) is 8.66. The second-order valence-corrected chi connectivity index (χ2v) is 6.29. The van der Waals surface area contributed by atoms with E-state index < -0.39 is 0 Å². The molecule has 2 aromatic carbocycles. The maximum absolute atomic E-state index is 12.9. The number of anilines is 1. The summed E-state index contributed by atoms with van der Waals surface area (Å²) in [7, 11) is 1.78. The van der Waals surface area contributed by atoms with Crippen molar-refractivity contribution in [1.29, 1.82) is 0 Å². The molecule has 1 heterocycles. The van der Waals surface area contributed by atoms with Gasteiger partial charge in [-0.15, -0.1) is 0 Å². The van der Waals surface area contributed by atoms with Crippen LogP contribution in [0.4, 0.5) is 5.69 Å². The normalized spacial score (nSPS) is 12.5. The minimum Gasteiger partial charge on any atom is -0.455 e. The lowest BCUT2D eigenvalue weighted by molar-refractivity contribution is -0.125. The molecule has 2 amide bonds. The van der Waals surface area contributed by atoms with Crippen LogP contribution in [0.15, 0.2) is 42.5 Å². The third-order valence-electron chi connectivity index (χ3n) is 4.27. The highest BCUT2D eigenvalue weighted by Crippen LogP contribution is 2.39. The molecule has 0 fully saturated rings. The van der Waals surface area contributed by atoms with Crippen LogP contribution in [0.25, 0.3) is 0 Å². The van der Waals surface area contributed by atoms with Crippen LogP contribution in [-0.4, -0.2) is 32.0 Å². The first-order valence-electron chi connectivity index (χ1n) is 8.66. The SMILES string of the molecule is CNCCC(=O)NCC(=O)N1Cc2ccccc2Oc2ccc(C)cc21. The summed E-state index contributed by atoms with van der Waals surface area (Å²) >= 11 is 0. The number of ether oxygens (including phenoxy) is 1. The number of para-hydroxylation sites is 1. The van der Waals surface area contributed by atoms with Gasteiger partial charge in [0.2, 0.25) is 11.8 Å². The summed E-state index contributed by atoms with van der Waals surface area (Å²) in [6.07, 6.45) is 0.339. The number of carbonyl (C=O) groups is 2. The van der Waals surface area contributed by atoms with Gasteiger partial charge in [-0.2, -0.15) is 0 Å². The van der Waals surface area contributed by atoms with Gasteiger partial charge in [0, 0.05) is 18.5 Å². The lowest BCUT2D eigenvalue weighted by atomic mass is 10.1. The third-order valence-corrected chi connectivity index (χ3v) is 4.27. The predicted molar refractivity (Wildman–Crippen MR) is 100 cm³/mol. The number of hydrogen-bond acceptors (Lipinski definition) is 4. The van der Waals surface area contributed by atoms with Gasteiger partial charge in [-0.25, -0.2) is 0 Å². The van der Waals surface area contributed by atoms with Gasteiger partial charge in [-0.1, -0.05) is 24.3 Å². The molecule has 0 aromatic heterocycles. The predicted octanol–water partition coefficient (Wildman–Crippen LogP) is 2.36. The Labute approximate surface area is 153 Å². The Kier molecular flexibility index (Phi) is 5.53. The molecule has 1 aliphatic heterocycles. The van der Waals surface area contributed by atoms with Crippen LogP contribution in [0, 0.1) is 6.92 Å². The van der Waals surface area contributed by atoms with Gasteiger partial charge in [0.1, 0.15) is 5.75 Å². The zero-order chi connectivity index (χ0) is 18.5. The van der Waals surface area contributed by atoms with Crippen LogP contribution in [0.2, 0.25) is 0 Å². The van der Waals surface area contributed by atoms with E-state index >= 15 is 0 Å². The molecule has 2 aromatic rings. The zero-order valence-electron chi connectivity index (χ0n) is 15.0. The second-order valence-electron chi connectivity index (χ2n) is 6.29. The van der Waals surface area contributed by atoms with Crippen LogP contribution in [0.1, 0.15) is 17.5 Å². The minimum absolute atomic E-state index is 0.0436. The molecule has 0 saturated carbocycles. The van der Waals surface area contributed by atoms with E-state index in [0.717, 1.165) is 22.6 Å². The molecule has 0 spiro atoms. The number of nitrogens with one attached hydrogen (secondary N) is 2. The standard InChI is InChI=1S/C20H23N3O3/c1-14-7-8-18-16(11-14)23(13-15-5-3-4-6-17(15)26-18)20(25)12-22-19(24)9-10-21-2/h3-8,11,21H,9-10,12-13H2,1-2H3,(H,22,24). The summed E-state index contributed by atoms with van der Waals surface area (Å²) in [5.41, 5.74) is 2.68. The summed E-state index contributed by atoms with van der Waals surface area (Å²) < 4.78 is 6.03. The molecule has 6 heteroatoms. The number of hydrogen-bond donors (Lipinski definition) is 2. The summed E-state index contributed by atoms with van der Waals surface area (Å²) in [6.45, 7) is 2.91. The highest BCUT2D eigenvalue weighted by molar-refractivity contribution is 5.98. The summed E-state index contributed by atoms with van der Waals surface area (Å²) in [5, 5.41) is 5.61. The molecule has 26 heavy (non-hydrogen) atoms. The molecule has 2 N–H and O–H groups in total. The number of rotatable bonds is 5. The topological polar surface area (TPSA) is 70.7 Å². The number of carbonyl (C=O) groups excluding carboxylic acids is 2. The first-order chi connectivity index (χ1) is 12.6. The lowest BCUT2D eigenvalue weighted by Gasteiger charge is -2.22. The smallest absolute Gasteiger partial charge is 0.246 e. The van der Waals surface area contributed by atoms with Crippen LogP contribution in [0.5, 0.6) is 11.5 Å². The van der Waals surface area contributed by atoms with E-state index in [1.165, 1.54) is 0 Å². The number of nitrogens with zero attached hydrogens (tertiary/aromatic N) is 1. The third kappa shape index (κ3) is 4.03. The number of fused-ring (bicyclic) bond motifs is 2. The van der Waals surface area contributed by atoms with Crippen molar-refractivity contribution in [3.63, 3.8) is 0 Å². The molecular formula is C20H23N3O3. The number of amides is 2. The zero-order valence-corrected chi connectivity index (χ0v) is 15.0. The Hall–Kier alpha value is -2.86. The average molecular weight is 353 g/mol. The Morgan fingerprint density at radius 3 is 2.77 bits per heavy atom. The fourth-order valence-electron chi connectivity index (χ4n) is 2.85. The van der Waals surface area contributed by atoms with Crippen molar-refractivity contribution in [3.05, 3.63) is 53.6 Å². The highest BCUT2D eigenvalue weighted by Gasteiger charge is 2.25. The molecule has 0 bridgehead atoms. The summed E-state index contributed by atoms with van der Waals surface area (Å²) in [4.78, 5) is 26.3. The first kappa shape index (κ1) is 17.9. The Morgan fingerprint density at radius 2 is 1.96 bits per heavy atom. The van der Waals surface area contributed by atoms with Gasteiger partial charge < -0.3 is 20.3 Å². The van der Waals surface area contributed by atoms with Crippen LogP contribution >= 0.6 is 0 Å². The van der Waals surface area contributed by atoms with Crippen molar-refractivity contribution in [3.8, 4) is 11.5 Å². The Balaban J connectivity index is 1.84. The van der Waals surface area contributed by atoms with Gasteiger partial charge in [0.25, 0.3) is 0 Å². The molecule has 1 aliphatic rings. The summed E-state index contributed by atoms with van der Waals surface area (Å²) in [6, 6.07) is 13.4. The number of benzene rings is 2. The van der Waals surface area contributed by atoms with Crippen LogP contribution in [-0.2, 0) is 16.1 Å². The second kappa shape index (κ2) is 8.01. The van der Waals surface area contributed by atoms with Crippen LogP contribution in [0.3, 0.4) is 0 Å². The van der Waals surface area contributed by atoms with Gasteiger partial charge in [0.05, 0.1) is 18.8 Å². The molecule has 6 nitrogen and oxygen atoms in total. The van der Waals surface area contributed by atoms with E-state index in [0.29, 0.717) is 25.3 Å². The van der Waals surface area contributed by atoms with Crippen molar-refractivity contribution < 1.29 is 14.3 Å². The monoisotopic (exact) mass is 353 g/mol. The van der Waals surface area contributed by atoms with Gasteiger partial charge in [-0.3, -0.25) is 9.59 Å². The van der Waals surface area contributed by atoms with Crippen molar-refractivity contribution >= 4 is 17.5 Å². The molecule has 136 valence electrons. The van der Waals surface area contributed by atoms with E-state index in [2.05, 4.69) is 10.6 Å². The maximum Gasteiger partial charge on any atom is 0.246 e. The van der Waals surface area contributed by atoms with E-state index in [9.17, 15) is 9.59 Å². The van der Waals surface area contributed by atoms with Crippen molar-refractivity contribution in [2.75, 3.05) is 25.0 Å². The minimum atomic E-state index is -0.171. The van der Waals surface area contributed by atoms with E-state index in [1.807, 2.05) is 49.4 Å². The molecule has 0 aliphatic carbocycles. The van der Waals surface area contributed by atoms with Crippen molar-refractivity contribution in [1.82, 2.24) is 10.6 Å². The average Bonchev–Trinajstić information content (AvgIpc) is 2.81. The lowest BCUT2D eigenvalue weighted by Crippen LogP contribution is -2.40. The fraction of sp³-hybridized carbons (Fsp3) is 0.300. The maximum atomic E-state index is 12.9. The van der Waals surface area contributed by atoms with Crippen LogP contribution < -0.4 is 20.3 Å². The molecule has 0 radical (unpaired) electrons. The van der Waals surface area contributed by atoms with E-state index in [-0.39, 0.29) is 18.4 Å². The van der Waals surface area contributed by atoms with E-state index in [4.69, 9.17) is 4.74 Å². The summed E-state index contributed by atoms with van der Waals surface area (Å²) in [5.74, 6) is 1.06. The van der Waals surface area contributed by atoms with Crippen molar-refractivity contribution in [2.45, 2.75) is 19.9 Å². The largest absolute Gasteiger partial charge is 0.455 e. The molecule has 0 atom stereocenters. The molecular weight excluding hydrogens is 330 g/mol. The quantitative estimate of drug-likeness (QED) is 0.866. The number of aryl methyl sites for hydroxylation is 1. The van der Waals surface area contributed by atoms with Gasteiger partial charge in [-0.05, 0) is 37.7 Å². The molecule has 0 saturated heterocycles. The van der Waals surface area contributed by atoms with Crippen molar-refractivity contribution in [2.24, 2.45) is 0 Å². The fourth-order valence-corrected chi connectivity index (χ4v) is 2.85.